The quantitative estimate of drug-likeness (QED) is 0.678. The van der Waals surface area contributed by atoms with E-state index in [9.17, 15) is 4.39 Å². The maximum absolute atomic E-state index is 14.6. The van der Waals surface area contributed by atoms with Crippen molar-refractivity contribution >= 4 is 12.2 Å². The molecule has 1 aliphatic rings. The van der Waals surface area contributed by atoms with Crippen molar-refractivity contribution in [2.75, 3.05) is 13.1 Å². The van der Waals surface area contributed by atoms with Gasteiger partial charge in [-0.1, -0.05) is 36.8 Å². The van der Waals surface area contributed by atoms with E-state index >= 15 is 0 Å². The third-order valence-corrected chi connectivity index (χ3v) is 5.88. The summed E-state index contributed by atoms with van der Waals surface area (Å²) in [5.41, 5.74) is 2.54. The molecule has 3 aromatic rings. The average molecular weight is 398 g/mol. The summed E-state index contributed by atoms with van der Waals surface area (Å²) < 4.78 is 18.9. The Morgan fingerprint density at radius 2 is 1.93 bits per heavy atom. The topological polar surface area (TPSA) is 27.2 Å². The first-order chi connectivity index (χ1) is 13.5. The van der Waals surface area contributed by atoms with E-state index in [1.165, 1.54) is 29.4 Å². The fraction of sp³-hybridized carbons (Fsp3) is 0.364. The van der Waals surface area contributed by atoms with Gasteiger partial charge in [-0.05, 0) is 56.2 Å². The van der Waals surface area contributed by atoms with Gasteiger partial charge in [0.1, 0.15) is 5.82 Å². The molecule has 1 aliphatic heterocycles. The highest BCUT2D eigenvalue weighted by Crippen LogP contribution is 2.25. The molecule has 2 aromatic carbocycles. The molecule has 0 spiro atoms. The number of benzene rings is 2. The predicted molar refractivity (Wildman–Crippen MR) is 112 cm³/mol. The van der Waals surface area contributed by atoms with Crippen molar-refractivity contribution in [3.05, 3.63) is 64.7 Å². The minimum Gasteiger partial charge on any atom is -0.316 e. The molecular formula is C22H26FN4S+. The van der Waals surface area contributed by atoms with Crippen LogP contribution in [0.4, 0.5) is 4.39 Å². The van der Waals surface area contributed by atoms with Crippen molar-refractivity contribution in [2.45, 2.75) is 33.4 Å². The average Bonchev–Trinajstić information content (AvgIpc) is 2.99. The Hall–Kier alpha value is -2.31. The van der Waals surface area contributed by atoms with Crippen LogP contribution in [-0.2, 0) is 6.67 Å². The summed E-state index contributed by atoms with van der Waals surface area (Å²) in [5.74, 6) is 0.974. The molecule has 28 heavy (non-hydrogen) atoms. The van der Waals surface area contributed by atoms with Crippen molar-refractivity contribution in [1.29, 1.82) is 0 Å². The number of aromatic nitrogens is 3. The van der Waals surface area contributed by atoms with Crippen molar-refractivity contribution in [1.82, 2.24) is 14.3 Å². The molecule has 1 fully saturated rings. The van der Waals surface area contributed by atoms with Crippen LogP contribution >= 0.6 is 12.2 Å². The summed E-state index contributed by atoms with van der Waals surface area (Å²) in [6.45, 7) is 7.30. The smallest absolute Gasteiger partial charge is 0.207 e. The van der Waals surface area contributed by atoms with Crippen LogP contribution in [0.15, 0.2) is 48.5 Å². The zero-order valence-corrected chi connectivity index (χ0v) is 17.2. The van der Waals surface area contributed by atoms with E-state index in [1.54, 1.807) is 12.1 Å². The van der Waals surface area contributed by atoms with Gasteiger partial charge in [-0.15, -0.1) is 5.10 Å². The van der Waals surface area contributed by atoms with E-state index in [-0.39, 0.29) is 5.82 Å². The highest BCUT2D eigenvalue weighted by atomic mass is 32.1. The summed E-state index contributed by atoms with van der Waals surface area (Å²) in [5, 5.41) is 4.77. The zero-order chi connectivity index (χ0) is 19.7. The Morgan fingerprint density at radius 1 is 1.18 bits per heavy atom. The Balaban J connectivity index is 1.81. The standard InChI is InChI=1S/C22H25FN4S/c1-16-9-11-18(12-10-16)27-21(19-7-3-4-8-20(19)23)24-26(22(27)28)15-25-13-5-6-17(2)14-25/h3-4,7-12,17H,5-6,13-15H2,1-2H3/p+1/t17-/m0/s1. The zero-order valence-electron chi connectivity index (χ0n) is 16.4. The molecule has 2 heterocycles. The molecule has 1 aromatic heterocycles. The number of hydrogen-bond donors (Lipinski definition) is 1. The molecule has 0 amide bonds. The molecule has 4 nitrogen and oxygen atoms in total. The van der Waals surface area contributed by atoms with Gasteiger partial charge >= 0.3 is 0 Å². The van der Waals surface area contributed by atoms with E-state index in [2.05, 4.69) is 6.92 Å². The third kappa shape index (κ3) is 3.80. The SMILES string of the molecule is Cc1ccc(-n2c(-c3ccccc3F)nn(C[NH+]3CCC[C@H](C)C3)c2=S)cc1. The fourth-order valence-electron chi connectivity index (χ4n) is 4.01. The second-order valence-corrected chi connectivity index (χ2v) is 8.23. The van der Waals surface area contributed by atoms with Crippen LogP contribution < -0.4 is 4.90 Å². The van der Waals surface area contributed by atoms with Crippen LogP contribution in [-0.4, -0.2) is 27.4 Å². The van der Waals surface area contributed by atoms with Gasteiger partial charge in [0.25, 0.3) is 0 Å². The van der Waals surface area contributed by atoms with Crippen LogP contribution in [0, 0.1) is 23.4 Å². The van der Waals surface area contributed by atoms with Gasteiger partial charge in [0.2, 0.25) is 4.77 Å². The van der Waals surface area contributed by atoms with Gasteiger partial charge in [0, 0.05) is 11.6 Å². The van der Waals surface area contributed by atoms with Gasteiger partial charge in [-0.3, -0.25) is 4.57 Å². The number of aryl methyl sites for hydroxylation is 1. The minimum absolute atomic E-state index is 0.290. The molecule has 0 bridgehead atoms. The van der Waals surface area contributed by atoms with E-state index < -0.39 is 0 Å². The van der Waals surface area contributed by atoms with Gasteiger partial charge < -0.3 is 4.90 Å². The van der Waals surface area contributed by atoms with Crippen molar-refractivity contribution < 1.29 is 9.29 Å². The van der Waals surface area contributed by atoms with Gasteiger partial charge in [-0.2, -0.15) is 4.68 Å². The molecule has 1 saturated heterocycles. The van der Waals surface area contributed by atoms with Crippen LogP contribution in [0.3, 0.4) is 0 Å². The first-order valence-corrected chi connectivity index (χ1v) is 10.3. The Kier molecular flexibility index (Phi) is 5.42. The summed E-state index contributed by atoms with van der Waals surface area (Å²) in [4.78, 5) is 1.48. The molecule has 6 heteroatoms. The Bertz CT molecular complexity index is 1020. The number of piperidine rings is 1. The molecule has 1 N–H and O–H groups in total. The van der Waals surface area contributed by atoms with Crippen LogP contribution in [0.5, 0.6) is 0 Å². The molecule has 0 aliphatic carbocycles. The number of rotatable bonds is 4. The summed E-state index contributed by atoms with van der Waals surface area (Å²) >= 11 is 5.80. The lowest BCUT2D eigenvalue weighted by atomic mass is 10.0. The first kappa shape index (κ1) is 19.0. The second kappa shape index (κ2) is 7.97. The van der Waals surface area contributed by atoms with E-state index in [0.717, 1.165) is 18.8 Å². The second-order valence-electron chi connectivity index (χ2n) is 7.87. The maximum Gasteiger partial charge on any atom is 0.207 e. The lowest BCUT2D eigenvalue weighted by Crippen LogP contribution is -3.12. The molecule has 1 unspecified atom stereocenters. The molecule has 146 valence electrons. The number of hydrogen-bond acceptors (Lipinski definition) is 2. The van der Waals surface area contributed by atoms with E-state index in [0.29, 0.717) is 28.7 Å². The number of nitrogens with zero attached hydrogens (tertiary/aromatic N) is 3. The predicted octanol–water partition coefficient (Wildman–Crippen LogP) is 3.79. The molecule has 0 radical (unpaired) electrons. The first-order valence-electron chi connectivity index (χ1n) is 9.88. The number of likely N-dealkylation sites (tertiary alicyclic amines) is 1. The van der Waals surface area contributed by atoms with Crippen LogP contribution in [0.25, 0.3) is 17.1 Å². The summed E-state index contributed by atoms with van der Waals surface area (Å²) in [6, 6.07) is 14.9. The largest absolute Gasteiger partial charge is 0.316 e. The molecule has 4 rings (SSSR count). The highest BCUT2D eigenvalue weighted by Gasteiger charge is 2.23. The van der Waals surface area contributed by atoms with Crippen molar-refractivity contribution in [3.8, 4) is 17.1 Å². The molecule has 2 atom stereocenters. The highest BCUT2D eigenvalue weighted by molar-refractivity contribution is 7.71. The normalized spacial score (nSPS) is 19.7. The van der Waals surface area contributed by atoms with E-state index in [4.69, 9.17) is 17.3 Å². The van der Waals surface area contributed by atoms with E-state index in [1.807, 2.05) is 46.5 Å². The van der Waals surface area contributed by atoms with Crippen molar-refractivity contribution in [3.63, 3.8) is 0 Å². The Labute approximate surface area is 170 Å². The number of halogens is 1. The van der Waals surface area contributed by atoms with Gasteiger partial charge in [0.05, 0.1) is 18.7 Å². The van der Waals surface area contributed by atoms with Gasteiger partial charge in [0.15, 0.2) is 12.5 Å². The summed E-state index contributed by atoms with van der Waals surface area (Å²) in [7, 11) is 0. The number of quaternary nitrogens is 1. The maximum atomic E-state index is 14.6. The monoisotopic (exact) mass is 397 g/mol. The lowest BCUT2D eigenvalue weighted by molar-refractivity contribution is -0.931. The van der Waals surface area contributed by atoms with Crippen molar-refractivity contribution in [2.24, 2.45) is 5.92 Å². The minimum atomic E-state index is -0.290. The lowest BCUT2D eigenvalue weighted by Gasteiger charge is -2.27. The molecule has 0 saturated carbocycles. The fourth-order valence-corrected chi connectivity index (χ4v) is 4.30. The van der Waals surface area contributed by atoms with Crippen LogP contribution in [0.1, 0.15) is 25.3 Å². The summed E-state index contributed by atoms with van der Waals surface area (Å²) in [6.07, 6.45) is 2.51. The number of nitrogens with one attached hydrogen (secondary N) is 1. The third-order valence-electron chi connectivity index (χ3n) is 5.48. The van der Waals surface area contributed by atoms with Gasteiger partial charge in [-0.25, -0.2) is 4.39 Å². The van der Waals surface area contributed by atoms with Crippen LogP contribution in [0.2, 0.25) is 0 Å². The molecular weight excluding hydrogens is 371 g/mol. The Morgan fingerprint density at radius 3 is 2.64 bits per heavy atom.